The fraction of sp³-hybridized carbons (Fsp3) is 0.417. The molecule has 0 unspecified atom stereocenters. The quantitative estimate of drug-likeness (QED) is 0.266. The minimum atomic E-state index is -1.14. The predicted molar refractivity (Wildman–Crippen MR) is 137 cm³/mol. The van der Waals surface area contributed by atoms with Gasteiger partial charge in [-0.25, -0.2) is 0 Å². The van der Waals surface area contributed by atoms with Gasteiger partial charge in [0.2, 0.25) is 17.7 Å². The average molecular weight is 504 g/mol. The molecule has 0 saturated carbocycles. The van der Waals surface area contributed by atoms with Gasteiger partial charge in [0.1, 0.15) is 6.04 Å². The first-order chi connectivity index (χ1) is 16.8. The lowest BCUT2D eigenvalue weighted by Crippen LogP contribution is -2.52. The maximum atomic E-state index is 13.1. The van der Waals surface area contributed by atoms with Crippen molar-refractivity contribution in [1.29, 1.82) is 0 Å². The van der Waals surface area contributed by atoms with Crippen LogP contribution in [0.5, 0.6) is 0 Å². The molecule has 1 aromatic heterocycles. The van der Waals surface area contributed by atoms with E-state index in [0.717, 1.165) is 5.56 Å². The van der Waals surface area contributed by atoms with E-state index < -0.39 is 23.9 Å². The Balaban J connectivity index is 2.11. The van der Waals surface area contributed by atoms with Crippen molar-refractivity contribution in [3.63, 3.8) is 0 Å². The highest BCUT2D eigenvalue weighted by atomic mass is 35.5. The van der Waals surface area contributed by atoms with E-state index in [1.54, 1.807) is 13.0 Å². The molecule has 3 amide bonds. The number of nitrogens with one attached hydrogen (secondary N) is 2. The molecule has 2 rings (SSSR count). The number of nitrogens with zero attached hydrogens (tertiary/aromatic N) is 2. The van der Waals surface area contributed by atoms with Crippen LogP contribution in [0.25, 0.3) is 0 Å². The number of aromatic nitrogens is 1. The molecule has 0 fully saturated rings. The van der Waals surface area contributed by atoms with Crippen molar-refractivity contribution in [2.24, 2.45) is 17.2 Å². The molecule has 0 aliphatic heterocycles. The smallest absolute Gasteiger partial charge is 0.247 e. The summed E-state index contributed by atoms with van der Waals surface area (Å²) in [5.74, 6) is -1.38. The molecular formula is C24H34ClN7O3. The summed E-state index contributed by atoms with van der Waals surface area (Å²) in [6, 6.07) is 9.12. The molecule has 0 aliphatic rings. The summed E-state index contributed by atoms with van der Waals surface area (Å²) in [6.07, 6.45) is 2.16. The largest absolute Gasteiger partial charge is 0.343 e. The van der Waals surface area contributed by atoms with Crippen LogP contribution in [0.3, 0.4) is 0 Å². The Hall–Kier alpha value is -3.05. The predicted octanol–water partition coefficient (Wildman–Crippen LogP) is 0.563. The van der Waals surface area contributed by atoms with Gasteiger partial charge in [0.15, 0.2) is 0 Å². The number of anilines is 1. The Kier molecular flexibility index (Phi) is 11.6. The van der Waals surface area contributed by atoms with E-state index in [1.807, 2.05) is 30.3 Å². The van der Waals surface area contributed by atoms with E-state index >= 15 is 0 Å². The number of pyridine rings is 1. The molecule has 0 radical (unpaired) electrons. The molecule has 8 N–H and O–H groups in total. The number of carbonyl (C=O) groups is 3. The highest BCUT2D eigenvalue weighted by Crippen LogP contribution is 2.23. The van der Waals surface area contributed by atoms with Gasteiger partial charge < -0.3 is 32.7 Å². The number of rotatable bonds is 13. The molecule has 11 heteroatoms. The SMILES string of the molecule is Cc1nccc(NC(=O)[C@H](CCc2ccccc2)NC(=O)[C@@H](N)CC(=O)N(CCN)CCN)c1Cl. The summed E-state index contributed by atoms with van der Waals surface area (Å²) in [7, 11) is 0. The van der Waals surface area contributed by atoms with Crippen LogP contribution in [0.15, 0.2) is 42.6 Å². The van der Waals surface area contributed by atoms with Gasteiger partial charge in [-0.2, -0.15) is 0 Å². The second-order valence-corrected chi connectivity index (χ2v) is 8.48. The van der Waals surface area contributed by atoms with Gasteiger partial charge in [-0.1, -0.05) is 41.9 Å². The molecule has 0 spiro atoms. The third-order valence-electron chi connectivity index (χ3n) is 5.40. The van der Waals surface area contributed by atoms with Crippen LogP contribution in [0, 0.1) is 6.92 Å². The maximum absolute atomic E-state index is 13.1. The molecule has 1 aromatic carbocycles. The van der Waals surface area contributed by atoms with Crippen molar-refractivity contribution in [2.75, 3.05) is 31.5 Å². The summed E-state index contributed by atoms with van der Waals surface area (Å²) in [6.45, 7) is 2.90. The molecule has 10 nitrogen and oxygen atoms in total. The molecule has 35 heavy (non-hydrogen) atoms. The third kappa shape index (κ3) is 8.91. The highest BCUT2D eigenvalue weighted by molar-refractivity contribution is 6.34. The molecule has 190 valence electrons. The number of hydrogen-bond donors (Lipinski definition) is 5. The minimum Gasteiger partial charge on any atom is -0.343 e. The van der Waals surface area contributed by atoms with Gasteiger partial charge in [0, 0.05) is 32.4 Å². The van der Waals surface area contributed by atoms with Crippen LogP contribution in [-0.2, 0) is 20.8 Å². The van der Waals surface area contributed by atoms with Gasteiger partial charge in [0.05, 0.1) is 28.9 Å². The molecular weight excluding hydrogens is 470 g/mol. The Morgan fingerprint density at radius 2 is 1.71 bits per heavy atom. The zero-order valence-electron chi connectivity index (χ0n) is 19.9. The normalized spacial score (nSPS) is 12.5. The fourth-order valence-corrected chi connectivity index (χ4v) is 3.61. The lowest BCUT2D eigenvalue weighted by Gasteiger charge is -2.24. The molecule has 2 aromatic rings. The fourth-order valence-electron chi connectivity index (χ4n) is 3.45. The van der Waals surface area contributed by atoms with Crippen LogP contribution < -0.4 is 27.8 Å². The highest BCUT2D eigenvalue weighted by Gasteiger charge is 2.27. The Morgan fingerprint density at radius 3 is 2.34 bits per heavy atom. The summed E-state index contributed by atoms with van der Waals surface area (Å²) in [5.41, 5.74) is 19.1. The van der Waals surface area contributed by atoms with Gasteiger partial charge in [-0.15, -0.1) is 0 Å². The Bertz CT molecular complexity index is 984. The van der Waals surface area contributed by atoms with Crippen molar-refractivity contribution in [3.8, 4) is 0 Å². The Morgan fingerprint density at radius 1 is 1.06 bits per heavy atom. The molecule has 2 atom stereocenters. The minimum absolute atomic E-state index is 0.228. The Labute approximate surface area is 210 Å². The van der Waals surface area contributed by atoms with E-state index in [0.29, 0.717) is 42.3 Å². The summed E-state index contributed by atoms with van der Waals surface area (Å²) in [5, 5.41) is 5.77. The number of amides is 3. The molecule has 1 heterocycles. The van der Waals surface area contributed by atoms with Crippen molar-refractivity contribution < 1.29 is 14.4 Å². The summed E-state index contributed by atoms with van der Waals surface area (Å²) < 4.78 is 0. The number of hydrogen-bond acceptors (Lipinski definition) is 7. The lowest BCUT2D eigenvalue weighted by molar-refractivity contribution is -0.134. The summed E-state index contributed by atoms with van der Waals surface area (Å²) >= 11 is 6.26. The topological polar surface area (TPSA) is 169 Å². The average Bonchev–Trinajstić information content (AvgIpc) is 2.84. The van der Waals surface area contributed by atoms with E-state index in [9.17, 15) is 14.4 Å². The number of benzene rings is 1. The summed E-state index contributed by atoms with van der Waals surface area (Å²) in [4.78, 5) is 44.0. The maximum Gasteiger partial charge on any atom is 0.247 e. The van der Waals surface area contributed by atoms with E-state index in [4.69, 9.17) is 28.8 Å². The van der Waals surface area contributed by atoms with Gasteiger partial charge in [-0.3, -0.25) is 19.4 Å². The van der Waals surface area contributed by atoms with Crippen LogP contribution in [0.4, 0.5) is 5.69 Å². The second-order valence-electron chi connectivity index (χ2n) is 8.10. The number of aryl methyl sites for hydroxylation is 2. The van der Waals surface area contributed by atoms with E-state index in [1.165, 1.54) is 11.1 Å². The zero-order valence-corrected chi connectivity index (χ0v) is 20.6. The van der Waals surface area contributed by atoms with Gasteiger partial charge in [-0.05, 0) is 31.4 Å². The van der Waals surface area contributed by atoms with Crippen LogP contribution in [0.2, 0.25) is 5.02 Å². The van der Waals surface area contributed by atoms with Gasteiger partial charge in [0.25, 0.3) is 0 Å². The lowest BCUT2D eigenvalue weighted by atomic mass is 10.0. The van der Waals surface area contributed by atoms with Crippen LogP contribution in [-0.4, -0.2) is 65.9 Å². The zero-order chi connectivity index (χ0) is 25.8. The van der Waals surface area contributed by atoms with Crippen LogP contribution >= 0.6 is 11.6 Å². The van der Waals surface area contributed by atoms with Gasteiger partial charge >= 0.3 is 0 Å². The first-order valence-electron chi connectivity index (χ1n) is 11.5. The first kappa shape index (κ1) is 28.2. The van der Waals surface area contributed by atoms with Crippen molar-refractivity contribution in [1.82, 2.24) is 15.2 Å². The van der Waals surface area contributed by atoms with E-state index in [-0.39, 0.29) is 25.4 Å². The number of carbonyl (C=O) groups excluding carboxylic acids is 3. The van der Waals surface area contributed by atoms with Crippen molar-refractivity contribution >= 4 is 35.0 Å². The van der Waals surface area contributed by atoms with Crippen LogP contribution in [0.1, 0.15) is 24.1 Å². The molecule has 0 aliphatic carbocycles. The van der Waals surface area contributed by atoms with Crippen molar-refractivity contribution in [3.05, 3.63) is 58.9 Å². The van der Waals surface area contributed by atoms with Crippen molar-refractivity contribution in [2.45, 2.75) is 38.3 Å². The van der Waals surface area contributed by atoms with E-state index in [2.05, 4.69) is 15.6 Å². The number of halogens is 1. The first-order valence-corrected chi connectivity index (χ1v) is 11.8. The third-order valence-corrected chi connectivity index (χ3v) is 5.88. The molecule has 0 bridgehead atoms. The number of nitrogens with two attached hydrogens (primary N) is 3. The second kappa shape index (κ2) is 14.4. The standard InChI is InChI=1S/C24H34ClN7O3/c1-16-22(25)19(9-12-29-16)30-24(35)20(8-7-17-5-3-2-4-6-17)31-23(34)18(28)15-21(33)32(13-10-26)14-11-27/h2-6,9,12,18,20H,7-8,10-11,13-15,26-28H2,1H3,(H,31,34)(H,29,30,35)/t18-,20-/m0/s1. The molecule has 0 saturated heterocycles. The monoisotopic (exact) mass is 503 g/mol.